The third kappa shape index (κ3) is 7.65. The minimum absolute atomic E-state index is 0.0775. The van der Waals surface area contributed by atoms with E-state index in [1.54, 1.807) is 37.6 Å². The Hall–Kier alpha value is -3.33. The first-order valence-electron chi connectivity index (χ1n) is 14.0. The highest BCUT2D eigenvalue weighted by atomic mass is 19.1. The minimum atomic E-state index is -0.985. The molecule has 7 nitrogen and oxygen atoms in total. The third-order valence-corrected chi connectivity index (χ3v) is 8.02. The molecule has 2 aromatic carbocycles. The van der Waals surface area contributed by atoms with Gasteiger partial charge in [0.2, 0.25) is 11.8 Å². The molecule has 1 saturated carbocycles. The summed E-state index contributed by atoms with van der Waals surface area (Å²) in [6.07, 6.45) is 3.23. The molecular weight excluding hydrogens is 509 g/mol. The summed E-state index contributed by atoms with van der Waals surface area (Å²) in [5, 5.41) is 24.6. The van der Waals surface area contributed by atoms with Crippen LogP contribution in [-0.2, 0) is 17.6 Å². The number of amides is 1. The van der Waals surface area contributed by atoms with Crippen molar-refractivity contribution in [3.05, 3.63) is 83.8 Å². The molecule has 40 heavy (non-hydrogen) atoms. The van der Waals surface area contributed by atoms with Crippen molar-refractivity contribution in [3.63, 3.8) is 0 Å². The number of pyridine rings is 1. The lowest BCUT2D eigenvalue weighted by atomic mass is 9.82. The van der Waals surface area contributed by atoms with E-state index in [1.165, 1.54) is 6.07 Å². The van der Waals surface area contributed by atoms with Gasteiger partial charge in [0.05, 0.1) is 25.4 Å². The maximum Gasteiger partial charge on any atom is 0.223 e. The molecule has 1 amide bonds. The smallest absolute Gasteiger partial charge is 0.223 e. The van der Waals surface area contributed by atoms with Gasteiger partial charge in [-0.15, -0.1) is 0 Å². The maximum absolute atomic E-state index is 14.5. The van der Waals surface area contributed by atoms with Gasteiger partial charge in [-0.2, -0.15) is 0 Å². The lowest BCUT2D eigenvalue weighted by Gasteiger charge is -2.35. The van der Waals surface area contributed by atoms with E-state index < -0.39 is 30.0 Å². The van der Waals surface area contributed by atoms with Crippen LogP contribution < -0.4 is 15.8 Å². The summed E-state index contributed by atoms with van der Waals surface area (Å²) in [4.78, 5) is 17.7. The second kappa shape index (κ2) is 13.8. The van der Waals surface area contributed by atoms with Gasteiger partial charge in [-0.1, -0.05) is 55.8 Å². The molecule has 0 spiro atoms. The predicted molar refractivity (Wildman–Crippen MR) is 153 cm³/mol. The van der Waals surface area contributed by atoms with Crippen LogP contribution in [0.1, 0.15) is 43.7 Å². The number of rotatable bonds is 11. The number of halogens is 1. The lowest BCUT2D eigenvalue weighted by Crippen LogP contribution is -2.52. The Labute approximate surface area is 235 Å². The van der Waals surface area contributed by atoms with E-state index in [-0.39, 0.29) is 30.7 Å². The lowest BCUT2D eigenvalue weighted by molar-refractivity contribution is -0.128. The Bertz CT molecular complexity index is 1230. The van der Waals surface area contributed by atoms with Crippen molar-refractivity contribution in [2.45, 2.75) is 69.7 Å². The molecule has 1 heterocycles. The number of aliphatic hydroxyl groups is 2. The van der Waals surface area contributed by atoms with Gasteiger partial charge in [-0.05, 0) is 66.8 Å². The highest BCUT2D eigenvalue weighted by molar-refractivity contribution is 5.79. The molecule has 8 heteroatoms. The molecule has 1 aromatic heterocycles. The SMILES string of the molecule is COc1ccc(-c2ccc(CC(N)C(O)CC(Cc3ccccc3F)C(=O)NC3C(C)CCCC3O)cc2)cn1. The number of hydrogen-bond donors (Lipinski definition) is 4. The molecule has 6 unspecified atom stereocenters. The minimum Gasteiger partial charge on any atom is -0.481 e. The summed E-state index contributed by atoms with van der Waals surface area (Å²) < 4.78 is 19.6. The summed E-state index contributed by atoms with van der Waals surface area (Å²) >= 11 is 0. The average Bonchev–Trinajstić information content (AvgIpc) is 2.96. The van der Waals surface area contributed by atoms with Crippen molar-refractivity contribution < 1.29 is 24.1 Å². The van der Waals surface area contributed by atoms with Crippen molar-refractivity contribution in [2.75, 3.05) is 7.11 Å². The zero-order valence-electron chi connectivity index (χ0n) is 23.2. The Kier molecular flexibility index (Phi) is 10.3. The van der Waals surface area contributed by atoms with Gasteiger partial charge >= 0.3 is 0 Å². The van der Waals surface area contributed by atoms with E-state index in [0.29, 0.717) is 24.3 Å². The molecule has 3 aromatic rings. The highest BCUT2D eigenvalue weighted by Crippen LogP contribution is 2.27. The summed E-state index contributed by atoms with van der Waals surface area (Å²) in [5.41, 5.74) is 9.72. The standard InChI is InChI=1S/C32H40FN3O4/c1-20-6-5-9-28(37)31(20)36-32(39)25(17-23-7-3-4-8-26(23)33)18-29(38)27(34)16-21-10-12-22(13-11-21)24-14-15-30(40-2)35-19-24/h3-4,7-8,10-15,19-20,25,27-29,31,37-38H,5-6,9,16-18,34H2,1-2H3,(H,36,39). The number of nitrogens with zero attached hydrogens (tertiary/aromatic N) is 1. The van der Waals surface area contributed by atoms with Crippen LogP contribution in [0.4, 0.5) is 4.39 Å². The maximum atomic E-state index is 14.5. The van der Waals surface area contributed by atoms with Crippen LogP contribution in [0.2, 0.25) is 0 Å². The van der Waals surface area contributed by atoms with E-state index in [1.807, 2.05) is 37.3 Å². The van der Waals surface area contributed by atoms with Crippen LogP contribution in [0.5, 0.6) is 5.88 Å². The topological polar surface area (TPSA) is 118 Å². The first-order valence-corrected chi connectivity index (χ1v) is 14.0. The third-order valence-electron chi connectivity index (χ3n) is 8.02. The fourth-order valence-corrected chi connectivity index (χ4v) is 5.50. The zero-order valence-corrected chi connectivity index (χ0v) is 23.2. The van der Waals surface area contributed by atoms with Gasteiger partial charge in [0.15, 0.2) is 0 Å². The number of aliphatic hydroxyl groups excluding tert-OH is 2. The summed E-state index contributed by atoms with van der Waals surface area (Å²) in [7, 11) is 1.57. The number of ether oxygens (including phenoxy) is 1. The molecule has 1 aliphatic carbocycles. The van der Waals surface area contributed by atoms with Crippen molar-refractivity contribution in [1.82, 2.24) is 10.3 Å². The molecule has 0 radical (unpaired) electrons. The molecule has 1 aliphatic rings. The van der Waals surface area contributed by atoms with Crippen LogP contribution in [0.15, 0.2) is 66.9 Å². The van der Waals surface area contributed by atoms with Gasteiger partial charge in [-0.25, -0.2) is 9.37 Å². The zero-order chi connectivity index (χ0) is 28.6. The number of nitrogens with two attached hydrogens (primary N) is 1. The van der Waals surface area contributed by atoms with Crippen LogP contribution in [0.25, 0.3) is 11.1 Å². The first kappa shape index (κ1) is 29.6. The Morgan fingerprint density at radius 3 is 2.48 bits per heavy atom. The average molecular weight is 550 g/mol. The molecule has 4 rings (SSSR count). The van der Waals surface area contributed by atoms with Gasteiger partial charge < -0.3 is 26.0 Å². The number of benzene rings is 2. The van der Waals surface area contributed by atoms with Crippen molar-refractivity contribution in [2.24, 2.45) is 17.6 Å². The largest absolute Gasteiger partial charge is 0.481 e. The molecule has 5 N–H and O–H groups in total. The van der Waals surface area contributed by atoms with Crippen molar-refractivity contribution in [1.29, 1.82) is 0 Å². The fourth-order valence-electron chi connectivity index (χ4n) is 5.50. The first-order chi connectivity index (χ1) is 19.2. The monoisotopic (exact) mass is 549 g/mol. The number of hydrogen-bond acceptors (Lipinski definition) is 6. The van der Waals surface area contributed by atoms with Crippen LogP contribution >= 0.6 is 0 Å². The molecule has 0 bridgehead atoms. The molecular formula is C32H40FN3O4. The molecule has 214 valence electrons. The number of methoxy groups -OCH3 is 1. The second-order valence-electron chi connectivity index (χ2n) is 11.0. The van der Waals surface area contributed by atoms with Gasteiger partial charge in [0.1, 0.15) is 5.82 Å². The fraction of sp³-hybridized carbons (Fsp3) is 0.438. The summed E-state index contributed by atoms with van der Waals surface area (Å²) in [6.45, 7) is 2.01. The molecule has 0 aliphatic heterocycles. The molecule has 1 fully saturated rings. The number of nitrogens with one attached hydrogen (secondary N) is 1. The summed E-state index contributed by atoms with van der Waals surface area (Å²) in [6, 6.07) is 17.0. The van der Waals surface area contributed by atoms with Crippen LogP contribution in [-0.4, -0.2) is 52.5 Å². The number of carbonyl (C=O) groups is 1. The van der Waals surface area contributed by atoms with Crippen LogP contribution in [0.3, 0.4) is 0 Å². The number of aromatic nitrogens is 1. The van der Waals surface area contributed by atoms with Crippen molar-refractivity contribution >= 4 is 5.91 Å². The Morgan fingerprint density at radius 1 is 1.10 bits per heavy atom. The van der Waals surface area contributed by atoms with E-state index >= 15 is 0 Å². The van der Waals surface area contributed by atoms with E-state index in [9.17, 15) is 19.4 Å². The van der Waals surface area contributed by atoms with Crippen LogP contribution in [0, 0.1) is 17.7 Å². The quantitative estimate of drug-likeness (QED) is 0.287. The molecule has 0 saturated heterocycles. The van der Waals surface area contributed by atoms with Gasteiger partial charge in [0, 0.05) is 29.8 Å². The van der Waals surface area contributed by atoms with Gasteiger partial charge in [0.25, 0.3) is 0 Å². The van der Waals surface area contributed by atoms with E-state index in [0.717, 1.165) is 29.5 Å². The van der Waals surface area contributed by atoms with E-state index in [4.69, 9.17) is 10.5 Å². The Balaban J connectivity index is 1.42. The Morgan fingerprint density at radius 2 is 1.82 bits per heavy atom. The highest BCUT2D eigenvalue weighted by Gasteiger charge is 2.34. The van der Waals surface area contributed by atoms with Crippen molar-refractivity contribution in [3.8, 4) is 17.0 Å². The second-order valence-corrected chi connectivity index (χ2v) is 11.0. The normalized spacial score (nSPS) is 21.3. The summed E-state index contributed by atoms with van der Waals surface area (Å²) in [5.74, 6) is -0.719. The molecule has 6 atom stereocenters. The van der Waals surface area contributed by atoms with Gasteiger partial charge in [-0.3, -0.25) is 4.79 Å². The number of carbonyl (C=O) groups excluding carboxylic acids is 1. The van der Waals surface area contributed by atoms with E-state index in [2.05, 4.69) is 10.3 Å². The predicted octanol–water partition coefficient (Wildman–Crippen LogP) is 4.04.